The van der Waals surface area contributed by atoms with Crippen LogP contribution in [0.1, 0.15) is 40.9 Å². The minimum Gasteiger partial charge on any atom is -0.477 e. The van der Waals surface area contributed by atoms with Crippen LogP contribution in [-0.4, -0.2) is 22.8 Å². The first-order valence-electron chi connectivity index (χ1n) is 7.29. The molecule has 0 radical (unpaired) electrons. The lowest BCUT2D eigenvalue weighted by Gasteiger charge is -2.19. The van der Waals surface area contributed by atoms with Crippen LogP contribution in [-0.2, 0) is 4.74 Å². The first-order chi connectivity index (χ1) is 11.6. The number of hydrogen-bond donors (Lipinski definition) is 2. The van der Waals surface area contributed by atoms with Crippen LogP contribution in [0.15, 0.2) is 30.3 Å². The average Bonchev–Trinajstić information content (AvgIpc) is 2.86. The Balaban J connectivity index is 2.25. The largest absolute Gasteiger partial charge is 0.477 e. The van der Waals surface area contributed by atoms with Crippen molar-refractivity contribution >= 4 is 29.1 Å². The number of nitrogens with one attached hydrogen (secondary N) is 1. The highest BCUT2D eigenvalue weighted by molar-refractivity contribution is 7.15. The van der Waals surface area contributed by atoms with E-state index in [0.29, 0.717) is 10.4 Å². The molecule has 0 fully saturated rings. The number of anilines is 1. The summed E-state index contributed by atoms with van der Waals surface area (Å²) >= 11 is 0.914. The van der Waals surface area contributed by atoms with Crippen LogP contribution in [0.3, 0.4) is 0 Å². The molecule has 1 amide bonds. The molecule has 0 aliphatic rings. The summed E-state index contributed by atoms with van der Waals surface area (Å²) in [4.78, 5) is 23.5. The Hall–Kier alpha value is -2.85. The number of benzene rings is 1. The van der Waals surface area contributed by atoms with Crippen molar-refractivity contribution in [1.82, 2.24) is 0 Å². The Morgan fingerprint density at radius 1 is 1.24 bits per heavy atom. The molecule has 130 valence electrons. The molecule has 0 aliphatic carbocycles. The van der Waals surface area contributed by atoms with Crippen LogP contribution in [0.25, 0.3) is 0 Å². The predicted molar refractivity (Wildman–Crippen MR) is 93.5 cm³/mol. The molecule has 0 saturated carbocycles. The number of halogens is 1. The molecule has 0 spiro atoms. The second-order valence-corrected chi connectivity index (χ2v) is 7.10. The van der Waals surface area contributed by atoms with Gasteiger partial charge in [0.1, 0.15) is 16.3 Å². The molecule has 1 aromatic carbocycles. The lowest BCUT2D eigenvalue weighted by atomic mass is 10.2. The number of carbonyl (C=O) groups excluding carboxylic acids is 1. The van der Waals surface area contributed by atoms with E-state index in [4.69, 9.17) is 4.74 Å². The number of amides is 1. The van der Waals surface area contributed by atoms with Gasteiger partial charge in [-0.25, -0.2) is 14.0 Å². The second kappa shape index (κ2) is 7.36. The Labute approximate surface area is 148 Å². The van der Waals surface area contributed by atoms with Gasteiger partial charge < -0.3 is 9.84 Å². The zero-order chi connectivity index (χ0) is 18.6. The van der Waals surface area contributed by atoms with E-state index in [9.17, 15) is 19.1 Å². The molecular formula is C18H16FNO4S. The van der Waals surface area contributed by atoms with Gasteiger partial charge in [-0.3, -0.25) is 5.32 Å². The van der Waals surface area contributed by atoms with Crippen molar-refractivity contribution in [2.45, 2.75) is 26.4 Å². The third-order valence-electron chi connectivity index (χ3n) is 2.72. The minimum atomic E-state index is -1.19. The van der Waals surface area contributed by atoms with Gasteiger partial charge in [0.25, 0.3) is 0 Å². The molecule has 2 rings (SSSR count). The lowest BCUT2D eigenvalue weighted by Crippen LogP contribution is -2.27. The van der Waals surface area contributed by atoms with Gasteiger partial charge in [0.2, 0.25) is 0 Å². The fraction of sp³-hybridized carbons (Fsp3) is 0.222. The highest BCUT2D eigenvalue weighted by atomic mass is 32.1. The number of carbonyl (C=O) groups is 2. The van der Waals surface area contributed by atoms with E-state index in [-0.39, 0.29) is 10.6 Å². The summed E-state index contributed by atoms with van der Waals surface area (Å²) < 4.78 is 18.3. The summed E-state index contributed by atoms with van der Waals surface area (Å²) in [6, 6.07) is 7.21. The zero-order valence-corrected chi connectivity index (χ0v) is 14.7. The predicted octanol–water partition coefficient (Wildman–Crippen LogP) is 4.33. The Morgan fingerprint density at radius 3 is 2.56 bits per heavy atom. The molecule has 7 heteroatoms. The molecule has 0 atom stereocenters. The van der Waals surface area contributed by atoms with E-state index in [1.165, 1.54) is 24.3 Å². The quantitative estimate of drug-likeness (QED) is 0.781. The fourth-order valence-electron chi connectivity index (χ4n) is 1.82. The van der Waals surface area contributed by atoms with Crippen molar-refractivity contribution in [2.24, 2.45) is 0 Å². The van der Waals surface area contributed by atoms with Crippen molar-refractivity contribution in [2.75, 3.05) is 5.32 Å². The molecule has 1 heterocycles. The van der Waals surface area contributed by atoms with Gasteiger partial charge in [-0.1, -0.05) is 17.9 Å². The summed E-state index contributed by atoms with van der Waals surface area (Å²) in [6.07, 6.45) is -0.752. The van der Waals surface area contributed by atoms with Crippen LogP contribution >= 0.6 is 11.3 Å². The van der Waals surface area contributed by atoms with Gasteiger partial charge >= 0.3 is 12.1 Å². The van der Waals surface area contributed by atoms with Crippen molar-refractivity contribution in [3.8, 4) is 11.8 Å². The Morgan fingerprint density at radius 2 is 1.96 bits per heavy atom. The highest BCUT2D eigenvalue weighted by Crippen LogP contribution is 2.27. The van der Waals surface area contributed by atoms with Crippen LogP contribution in [0.5, 0.6) is 0 Å². The van der Waals surface area contributed by atoms with Gasteiger partial charge in [-0.2, -0.15) is 0 Å². The first-order valence-corrected chi connectivity index (χ1v) is 8.10. The zero-order valence-electron chi connectivity index (χ0n) is 13.8. The maximum absolute atomic E-state index is 13.1. The summed E-state index contributed by atoms with van der Waals surface area (Å²) in [6.45, 7) is 5.11. The number of carboxylic acid groups (broad SMARTS) is 1. The molecule has 0 bridgehead atoms. The average molecular weight is 361 g/mol. The molecule has 0 saturated heterocycles. The van der Waals surface area contributed by atoms with Crippen LogP contribution in [0.2, 0.25) is 0 Å². The number of carboxylic acids is 1. The van der Waals surface area contributed by atoms with Crippen molar-refractivity contribution in [1.29, 1.82) is 0 Å². The van der Waals surface area contributed by atoms with Crippen molar-refractivity contribution < 1.29 is 23.8 Å². The van der Waals surface area contributed by atoms with E-state index >= 15 is 0 Å². The number of thiophene rings is 1. The van der Waals surface area contributed by atoms with Gasteiger partial charge in [0.05, 0.1) is 10.6 Å². The monoisotopic (exact) mass is 361 g/mol. The third-order valence-corrected chi connectivity index (χ3v) is 3.76. The van der Waals surface area contributed by atoms with Crippen molar-refractivity contribution in [3.63, 3.8) is 0 Å². The first kappa shape index (κ1) is 18.5. The molecule has 2 N–H and O–H groups in total. The molecule has 5 nitrogen and oxygen atoms in total. The van der Waals surface area contributed by atoms with E-state index in [1.807, 2.05) is 0 Å². The maximum atomic E-state index is 13.1. The van der Waals surface area contributed by atoms with E-state index in [0.717, 1.165) is 11.3 Å². The molecule has 0 unspecified atom stereocenters. The number of ether oxygens (including phenoxy) is 1. The van der Waals surface area contributed by atoms with Crippen molar-refractivity contribution in [3.05, 3.63) is 51.5 Å². The molecule has 25 heavy (non-hydrogen) atoms. The highest BCUT2D eigenvalue weighted by Gasteiger charge is 2.20. The number of rotatable bonds is 2. The Bertz CT molecular complexity index is 871. The van der Waals surface area contributed by atoms with Crippen LogP contribution < -0.4 is 5.32 Å². The minimum absolute atomic E-state index is 0.0607. The summed E-state index contributed by atoms with van der Waals surface area (Å²) in [5.41, 5.74) is -0.133. The van der Waals surface area contributed by atoms with Gasteiger partial charge in [-0.05, 0) is 45.0 Å². The van der Waals surface area contributed by atoms with Gasteiger partial charge in [0, 0.05) is 5.56 Å². The standard InChI is InChI=1S/C18H16FNO4S/c1-18(2,3)24-17(23)20-14-10-13(25-15(14)16(21)22)8-7-11-5-4-6-12(19)9-11/h4-6,9-10H,1-3H3,(H,20,23)(H,21,22). The summed E-state index contributed by atoms with van der Waals surface area (Å²) in [5.74, 6) is 3.94. The van der Waals surface area contributed by atoms with E-state index in [1.54, 1.807) is 26.8 Å². The summed E-state index contributed by atoms with van der Waals surface area (Å²) in [7, 11) is 0. The molecule has 0 aliphatic heterocycles. The maximum Gasteiger partial charge on any atom is 0.412 e. The summed E-state index contributed by atoms with van der Waals surface area (Å²) in [5, 5.41) is 11.7. The molecule has 1 aromatic heterocycles. The van der Waals surface area contributed by atoms with Gasteiger partial charge in [-0.15, -0.1) is 11.3 Å². The lowest BCUT2D eigenvalue weighted by molar-refractivity contribution is 0.0636. The fourth-order valence-corrected chi connectivity index (χ4v) is 2.62. The molecular weight excluding hydrogens is 345 g/mol. The topological polar surface area (TPSA) is 75.6 Å². The normalized spacial score (nSPS) is 10.6. The van der Waals surface area contributed by atoms with Crippen LogP contribution in [0.4, 0.5) is 14.9 Å². The van der Waals surface area contributed by atoms with Gasteiger partial charge in [0.15, 0.2) is 0 Å². The van der Waals surface area contributed by atoms with E-state index in [2.05, 4.69) is 17.2 Å². The molecule has 2 aromatic rings. The van der Waals surface area contributed by atoms with Crippen LogP contribution in [0, 0.1) is 17.7 Å². The smallest absolute Gasteiger partial charge is 0.412 e. The second-order valence-electron chi connectivity index (χ2n) is 6.05. The number of hydrogen-bond acceptors (Lipinski definition) is 4. The SMILES string of the molecule is CC(C)(C)OC(=O)Nc1cc(C#Cc2cccc(F)c2)sc1C(=O)O. The third kappa shape index (κ3) is 5.62. The number of aromatic carboxylic acids is 1. The van der Waals surface area contributed by atoms with E-state index < -0.39 is 23.5 Å². The Kier molecular flexibility index (Phi) is 5.45.